The zero-order chi connectivity index (χ0) is 22.2. The molecule has 2 aromatic rings. The molecule has 1 saturated heterocycles. The summed E-state index contributed by atoms with van der Waals surface area (Å²) >= 11 is 0. The highest BCUT2D eigenvalue weighted by Gasteiger charge is 2.61. The van der Waals surface area contributed by atoms with Gasteiger partial charge in [0.2, 0.25) is 10.0 Å². The Bertz CT molecular complexity index is 1160. The van der Waals surface area contributed by atoms with Crippen LogP contribution in [0.2, 0.25) is 0 Å². The van der Waals surface area contributed by atoms with E-state index in [1.807, 2.05) is 6.92 Å². The largest absolute Gasteiger partial charge is 0.449 e. The molecule has 1 spiro atoms. The number of carbonyl (C=O) groups excluding carboxylic acids is 1. The summed E-state index contributed by atoms with van der Waals surface area (Å²) in [6.07, 6.45) is -0.803. The predicted molar refractivity (Wildman–Crippen MR) is 115 cm³/mol. The van der Waals surface area contributed by atoms with E-state index in [4.69, 9.17) is 4.74 Å². The molecule has 0 aliphatic carbocycles. The molecule has 0 aromatic heterocycles. The van der Waals surface area contributed by atoms with Crippen molar-refractivity contribution in [3.63, 3.8) is 0 Å². The van der Waals surface area contributed by atoms with Gasteiger partial charge in [0.25, 0.3) is 0 Å². The number of nitrogens with zero attached hydrogens (tertiary/aromatic N) is 5. The fourth-order valence-corrected chi connectivity index (χ4v) is 6.45. The lowest BCUT2D eigenvalue weighted by molar-refractivity contribution is 0.147. The van der Waals surface area contributed by atoms with Crippen molar-refractivity contribution in [2.75, 3.05) is 18.1 Å². The molecule has 0 bridgehead atoms. The molecule has 9 nitrogen and oxygen atoms in total. The maximum atomic E-state index is 13.7. The third-order valence-corrected chi connectivity index (χ3v) is 7.86. The SMILES string of the molecule is CCOC(=O)N1c2ccccc2C2(CCCN2S(=O)(=O)c2ccc(C)cc2)C1N=[N+]=[N-]. The molecule has 10 heteroatoms. The van der Waals surface area contributed by atoms with Crippen molar-refractivity contribution >= 4 is 21.8 Å². The summed E-state index contributed by atoms with van der Waals surface area (Å²) in [6.45, 7) is 3.95. The number of amides is 1. The maximum absolute atomic E-state index is 13.7. The van der Waals surface area contributed by atoms with Gasteiger partial charge < -0.3 is 4.74 Å². The van der Waals surface area contributed by atoms with Crippen molar-refractivity contribution in [1.29, 1.82) is 0 Å². The first-order chi connectivity index (χ1) is 14.9. The van der Waals surface area contributed by atoms with E-state index in [9.17, 15) is 18.7 Å². The van der Waals surface area contributed by atoms with E-state index in [2.05, 4.69) is 10.0 Å². The standard InChI is InChI=1S/C21H23N5O4S/c1-3-30-20(27)26-18-8-5-4-7-17(18)21(19(26)23-24-22)13-6-14-25(21)31(28,29)16-11-9-15(2)10-12-16/h4-5,7-12,19H,3,6,13-14H2,1-2H3. The van der Waals surface area contributed by atoms with Crippen molar-refractivity contribution in [2.45, 2.75) is 43.3 Å². The van der Waals surface area contributed by atoms with Gasteiger partial charge in [-0.2, -0.15) is 4.31 Å². The maximum Gasteiger partial charge on any atom is 0.414 e. The number of carbonyl (C=O) groups is 1. The van der Waals surface area contributed by atoms with Crippen LogP contribution in [0.4, 0.5) is 10.5 Å². The number of fused-ring (bicyclic) bond motifs is 2. The van der Waals surface area contributed by atoms with Gasteiger partial charge in [0, 0.05) is 11.5 Å². The molecule has 1 fully saturated rings. The van der Waals surface area contributed by atoms with Crippen LogP contribution in [-0.2, 0) is 20.3 Å². The van der Waals surface area contributed by atoms with Crippen LogP contribution >= 0.6 is 0 Å². The predicted octanol–water partition coefficient (Wildman–Crippen LogP) is 4.29. The van der Waals surface area contributed by atoms with Crippen LogP contribution in [0.25, 0.3) is 10.4 Å². The van der Waals surface area contributed by atoms with E-state index in [-0.39, 0.29) is 18.0 Å². The summed E-state index contributed by atoms with van der Waals surface area (Å²) in [6, 6.07) is 13.7. The first-order valence-electron chi connectivity index (χ1n) is 10.1. The van der Waals surface area contributed by atoms with Gasteiger partial charge in [-0.1, -0.05) is 41.0 Å². The monoisotopic (exact) mass is 441 g/mol. The fourth-order valence-electron chi connectivity index (χ4n) is 4.64. The molecule has 2 aromatic carbocycles. The Balaban J connectivity index is 1.93. The third-order valence-electron chi connectivity index (χ3n) is 5.90. The number of azide groups is 1. The molecule has 31 heavy (non-hydrogen) atoms. The van der Waals surface area contributed by atoms with Gasteiger partial charge in [-0.05, 0) is 56.0 Å². The summed E-state index contributed by atoms with van der Waals surface area (Å²) in [5.41, 5.74) is 10.2. The number of anilines is 1. The van der Waals surface area contributed by atoms with E-state index in [1.54, 1.807) is 55.5 Å². The molecular weight excluding hydrogens is 418 g/mol. The van der Waals surface area contributed by atoms with Crippen molar-refractivity contribution in [2.24, 2.45) is 5.11 Å². The normalized spacial score (nSPS) is 22.9. The lowest BCUT2D eigenvalue weighted by Gasteiger charge is -2.39. The Morgan fingerprint density at radius 3 is 2.65 bits per heavy atom. The van der Waals surface area contributed by atoms with Crippen LogP contribution < -0.4 is 4.90 Å². The molecular formula is C21H23N5O4S. The second-order valence-electron chi connectivity index (χ2n) is 7.58. The van der Waals surface area contributed by atoms with Crippen LogP contribution in [0.15, 0.2) is 58.5 Å². The zero-order valence-corrected chi connectivity index (χ0v) is 18.1. The van der Waals surface area contributed by atoms with Gasteiger partial charge in [-0.25, -0.2) is 13.2 Å². The zero-order valence-electron chi connectivity index (χ0n) is 17.3. The van der Waals surface area contributed by atoms with Gasteiger partial charge in [-0.15, -0.1) is 0 Å². The number of benzene rings is 2. The van der Waals surface area contributed by atoms with Crippen LogP contribution in [0, 0.1) is 6.92 Å². The fraction of sp³-hybridized carbons (Fsp3) is 0.381. The van der Waals surface area contributed by atoms with Crippen molar-refractivity contribution in [3.05, 3.63) is 70.1 Å². The van der Waals surface area contributed by atoms with E-state index in [0.29, 0.717) is 24.1 Å². The summed E-state index contributed by atoms with van der Waals surface area (Å²) in [5, 5.41) is 3.93. The van der Waals surface area contributed by atoms with E-state index in [0.717, 1.165) is 5.56 Å². The molecule has 0 N–H and O–H groups in total. The number of ether oxygens (including phenoxy) is 1. The average Bonchev–Trinajstić information content (AvgIpc) is 3.31. The Morgan fingerprint density at radius 2 is 1.97 bits per heavy atom. The van der Waals surface area contributed by atoms with E-state index >= 15 is 0 Å². The number of para-hydroxylation sites is 1. The van der Waals surface area contributed by atoms with Crippen LogP contribution in [-0.4, -0.2) is 38.1 Å². The van der Waals surface area contributed by atoms with Gasteiger partial charge in [0.15, 0.2) is 0 Å². The highest BCUT2D eigenvalue weighted by molar-refractivity contribution is 7.89. The molecule has 0 saturated carbocycles. The molecule has 2 heterocycles. The number of hydrogen-bond donors (Lipinski definition) is 0. The topological polar surface area (TPSA) is 116 Å². The molecule has 0 radical (unpaired) electrons. The van der Waals surface area contributed by atoms with Crippen LogP contribution in [0.3, 0.4) is 0 Å². The highest BCUT2D eigenvalue weighted by atomic mass is 32.2. The van der Waals surface area contributed by atoms with Crippen molar-refractivity contribution in [3.8, 4) is 0 Å². The molecule has 2 atom stereocenters. The minimum atomic E-state index is -3.93. The molecule has 1 amide bonds. The summed E-state index contributed by atoms with van der Waals surface area (Å²) in [4.78, 5) is 17.3. The molecule has 2 unspecified atom stereocenters. The number of rotatable bonds is 4. The number of aryl methyl sites for hydroxylation is 1. The van der Waals surface area contributed by atoms with Crippen LogP contribution in [0.5, 0.6) is 0 Å². The number of sulfonamides is 1. The van der Waals surface area contributed by atoms with Crippen molar-refractivity contribution in [1.82, 2.24) is 4.31 Å². The second-order valence-corrected chi connectivity index (χ2v) is 9.44. The van der Waals surface area contributed by atoms with Gasteiger partial charge in [0.1, 0.15) is 6.17 Å². The second kappa shape index (κ2) is 7.88. The minimum absolute atomic E-state index is 0.138. The van der Waals surface area contributed by atoms with Crippen LogP contribution in [0.1, 0.15) is 30.9 Å². The van der Waals surface area contributed by atoms with Gasteiger partial charge in [-0.3, -0.25) is 4.90 Å². The summed E-state index contributed by atoms with van der Waals surface area (Å²) in [5.74, 6) is 0. The van der Waals surface area contributed by atoms with E-state index in [1.165, 1.54) is 9.21 Å². The Labute approximate surface area is 180 Å². The Morgan fingerprint density at radius 1 is 1.26 bits per heavy atom. The lowest BCUT2D eigenvalue weighted by atomic mass is 9.88. The van der Waals surface area contributed by atoms with Gasteiger partial charge >= 0.3 is 6.09 Å². The smallest absolute Gasteiger partial charge is 0.414 e. The number of hydrogen-bond acceptors (Lipinski definition) is 5. The Kier molecular flexibility index (Phi) is 5.38. The molecule has 2 aliphatic heterocycles. The highest BCUT2D eigenvalue weighted by Crippen LogP contribution is 2.55. The lowest BCUT2D eigenvalue weighted by Crippen LogP contribution is -2.54. The van der Waals surface area contributed by atoms with E-state index < -0.39 is 27.8 Å². The third kappa shape index (κ3) is 3.15. The minimum Gasteiger partial charge on any atom is -0.449 e. The summed E-state index contributed by atoms with van der Waals surface area (Å²) < 4.78 is 34.1. The first-order valence-corrected chi connectivity index (χ1v) is 11.5. The quantitative estimate of drug-likeness (QED) is 0.400. The summed E-state index contributed by atoms with van der Waals surface area (Å²) in [7, 11) is -3.93. The molecule has 162 valence electrons. The average molecular weight is 442 g/mol. The molecule has 2 aliphatic rings. The Hall–Kier alpha value is -3.07. The molecule has 4 rings (SSSR count). The van der Waals surface area contributed by atoms with Gasteiger partial charge in [0.05, 0.1) is 22.7 Å². The first kappa shape index (κ1) is 21.2. The van der Waals surface area contributed by atoms with Crippen molar-refractivity contribution < 1.29 is 17.9 Å².